The van der Waals surface area contributed by atoms with Crippen LogP contribution in [-0.2, 0) is 9.59 Å². The van der Waals surface area contributed by atoms with E-state index in [9.17, 15) is 9.59 Å². The third kappa shape index (κ3) is 3.29. The van der Waals surface area contributed by atoms with E-state index < -0.39 is 0 Å². The highest BCUT2D eigenvalue weighted by molar-refractivity contribution is 8.00. The van der Waals surface area contributed by atoms with Crippen LogP contribution in [0.1, 0.15) is 29.3 Å². The number of thioether (sulfide) groups is 1. The monoisotopic (exact) mass is 352 g/mol. The van der Waals surface area contributed by atoms with Gasteiger partial charge in [0, 0.05) is 22.9 Å². The van der Waals surface area contributed by atoms with E-state index >= 15 is 0 Å². The van der Waals surface area contributed by atoms with Crippen LogP contribution in [0.4, 0.5) is 11.4 Å². The largest absolute Gasteiger partial charge is 0.325 e. The van der Waals surface area contributed by atoms with Gasteiger partial charge in [0.05, 0.1) is 5.75 Å². The summed E-state index contributed by atoms with van der Waals surface area (Å²) in [5, 5.41) is 2.94. The van der Waals surface area contributed by atoms with Crippen LogP contribution in [-0.4, -0.2) is 17.6 Å². The Balaban J connectivity index is 1.66. The number of amides is 2. The first-order valence-electron chi connectivity index (χ1n) is 8.53. The highest BCUT2D eigenvalue weighted by Crippen LogP contribution is 2.44. The molecular formula is C20H20N2O2S. The van der Waals surface area contributed by atoms with Crippen LogP contribution in [0.5, 0.6) is 0 Å². The third-order valence-corrected chi connectivity index (χ3v) is 5.81. The number of benzene rings is 2. The number of hydrogen-bond acceptors (Lipinski definition) is 3. The molecule has 1 atom stereocenters. The van der Waals surface area contributed by atoms with Gasteiger partial charge in [-0.3, -0.25) is 14.5 Å². The molecule has 2 amide bonds. The Morgan fingerprint density at radius 1 is 1.12 bits per heavy atom. The average Bonchev–Trinajstić information content (AvgIpc) is 3.40. The van der Waals surface area contributed by atoms with Gasteiger partial charge < -0.3 is 5.32 Å². The molecule has 1 heterocycles. The Bertz CT molecular complexity index is 815. The summed E-state index contributed by atoms with van der Waals surface area (Å²) in [5.74, 6) is 0.786. The molecule has 2 fully saturated rings. The van der Waals surface area contributed by atoms with Crippen LogP contribution in [0, 0.1) is 12.8 Å². The molecule has 1 aliphatic carbocycles. The Labute approximate surface area is 151 Å². The topological polar surface area (TPSA) is 49.4 Å². The lowest BCUT2D eigenvalue weighted by molar-refractivity contribution is -0.117. The Hall–Kier alpha value is -2.27. The first kappa shape index (κ1) is 16.2. The molecule has 1 saturated heterocycles. The minimum Gasteiger partial charge on any atom is -0.325 e. The maximum absolute atomic E-state index is 12.5. The lowest BCUT2D eigenvalue weighted by Crippen LogP contribution is -2.28. The predicted molar refractivity (Wildman–Crippen MR) is 102 cm³/mol. The van der Waals surface area contributed by atoms with Gasteiger partial charge in [-0.05, 0) is 38.0 Å². The van der Waals surface area contributed by atoms with Gasteiger partial charge >= 0.3 is 0 Å². The highest BCUT2D eigenvalue weighted by Gasteiger charge is 2.36. The van der Waals surface area contributed by atoms with E-state index in [1.54, 1.807) is 11.8 Å². The van der Waals surface area contributed by atoms with Crippen molar-refractivity contribution in [3.05, 3.63) is 59.7 Å². The summed E-state index contributed by atoms with van der Waals surface area (Å²) in [7, 11) is 0. The van der Waals surface area contributed by atoms with Crippen LogP contribution in [0.3, 0.4) is 0 Å². The van der Waals surface area contributed by atoms with E-state index in [-0.39, 0.29) is 23.1 Å². The highest BCUT2D eigenvalue weighted by atomic mass is 32.2. The van der Waals surface area contributed by atoms with Crippen LogP contribution in [0.25, 0.3) is 0 Å². The van der Waals surface area contributed by atoms with Crippen molar-refractivity contribution in [1.29, 1.82) is 0 Å². The summed E-state index contributed by atoms with van der Waals surface area (Å²) in [4.78, 5) is 26.5. The first-order chi connectivity index (χ1) is 12.1. The van der Waals surface area contributed by atoms with Crippen LogP contribution in [0.15, 0.2) is 48.5 Å². The fourth-order valence-electron chi connectivity index (χ4n) is 3.05. The zero-order chi connectivity index (χ0) is 17.4. The van der Waals surface area contributed by atoms with Gasteiger partial charge in [0.2, 0.25) is 11.8 Å². The summed E-state index contributed by atoms with van der Waals surface area (Å²) in [6.07, 6.45) is 1.94. The molecule has 2 aromatic carbocycles. The number of hydrogen-bond donors (Lipinski definition) is 1. The molecule has 2 aromatic rings. The molecule has 1 aliphatic heterocycles. The summed E-state index contributed by atoms with van der Waals surface area (Å²) < 4.78 is 0. The molecule has 4 nitrogen and oxygen atoms in total. The summed E-state index contributed by atoms with van der Waals surface area (Å²) in [6, 6.07) is 15.8. The normalized spacial score (nSPS) is 20.0. The van der Waals surface area contributed by atoms with Gasteiger partial charge in [0.1, 0.15) is 5.37 Å². The van der Waals surface area contributed by atoms with Crippen molar-refractivity contribution in [3.63, 3.8) is 0 Å². The predicted octanol–water partition coefficient (Wildman–Crippen LogP) is 4.12. The maximum Gasteiger partial charge on any atom is 0.238 e. The minimum absolute atomic E-state index is 0.0867. The lowest BCUT2D eigenvalue weighted by atomic mass is 10.1. The van der Waals surface area contributed by atoms with E-state index in [0.717, 1.165) is 35.3 Å². The molecule has 4 rings (SSSR count). The van der Waals surface area contributed by atoms with Crippen molar-refractivity contribution in [2.24, 2.45) is 5.92 Å². The number of anilines is 2. The molecular weight excluding hydrogens is 332 g/mol. The van der Waals surface area contributed by atoms with Crippen LogP contribution >= 0.6 is 11.8 Å². The van der Waals surface area contributed by atoms with E-state index in [1.807, 2.05) is 60.4 Å². The second-order valence-corrected chi connectivity index (χ2v) is 7.68. The van der Waals surface area contributed by atoms with E-state index in [1.165, 1.54) is 0 Å². The Morgan fingerprint density at radius 2 is 1.84 bits per heavy atom. The number of nitrogens with one attached hydrogen (secondary N) is 1. The number of aryl methyl sites for hydroxylation is 1. The SMILES string of the molecule is Cc1ccc(N2C(=O)CS[C@@H]2c2ccccc2NC(=O)C2CC2)cc1. The first-order valence-corrected chi connectivity index (χ1v) is 9.58. The molecule has 2 aliphatic rings. The van der Waals surface area contributed by atoms with Gasteiger partial charge in [-0.15, -0.1) is 11.8 Å². The van der Waals surface area contributed by atoms with Crippen molar-refractivity contribution in [1.82, 2.24) is 0 Å². The Morgan fingerprint density at radius 3 is 2.56 bits per heavy atom. The number of nitrogens with zero attached hydrogens (tertiary/aromatic N) is 1. The molecule has 0 aromatic heterocycles. The van der Waals surface area contributed by atoms with Gasteiger partial charge in [-0.2, -0.15) is 0 Å². The fourth-order valence-corrected chi connectivity index (χ4v) is 4.26. The molecule has 0 unspecified atom stereocenters. The Kier molecular flexibility index (Phi) is 4.25. The van der Waals surface area contributed by atoms with Crippen molar-refractivity contribution >= 4 is 35.0 Å². The van der Waals surface area contributed by atoms with Crippen molar-refractivity contribution in [2.45, 2.75) is 25.1 Å². The van der Waals surface area contributed by atoms with E-state index in [0.29, 0.717) is 5.75 Å². The van der Waals surface area contributed by atoms with Crippen LogP contribution < -0.4 is 10.2 Å². The molecule has 0 radical (unpaired) electrons. The maximum atomic E-state index is 12.5. The molecule has 0 bridgehead atoms. The fraction of sp³-hybridized carbons (Fsp3) is 0.300. The molecule has 5 heteroatoms. The molecule has 1 N–H and O–H groups in total. The quantitative estimate of drug-likeness (QED) is 0.900. The molecule has 1 saturated carbocycles. The van der Waals surface area contributed by atoms with Crippen LogP contribution in [0.2, 0.25) is 0 Å². The number of carbonyl (C=O) groups is 2. The second kappa shape index (κ2) is 6.56. The van der Waals surface area contributed by atoms with Gasteiger partial charge in [-0.25, -0.2) is 0 Å². The van der Waals surface area contributed by atoms with Crippen molar-refractivity contribution in [2.75, 3.05) is 16.0 Å². The van der Waals surface area contributed by atoms with Gasteiger partial charge in [0.25, 0.3) is 0 Å². The zero-order valence-electron chi connectivity index (χ0n) is 14.1. The van der Waals surface area contributed by atoms with Gasteiger partial charge in [0.15, 0.2) is 0 Å². The average molecular weight is 352 g/mol. The summed E-state index contributed by atoms with van der Waals surface area (Å²) >= 11 is 1.60. The number of carbonyl (C=O) groups excluding carboxylic acids is 2. The summed E-state index contributed by atoms with van der Waals surface area (Å²) in [5.41, 5.74) is 3.85. The second-order valence-electron chi connectivity index (χ2n) is 6.61. The minimum atomic E-state index is -0.120. The van der Waals surface area contributed by atoms with Gasteiger partial charge in [-0.1, -0.05) is 35.9 Å². The van der Waals surface area contributed by atoms with E-state index in [2.05, 4.69) is 5.32 Å². The third-order valence-electron chi connectivity index (χ3n) is 4.61. The zero-order valence-corrected chi connectivity index (χ0v) is 14.9. The smallest absolute Gasteiger partial charge is 0.238 e. The summed E-state index contributed by atoms with van der Waals surface area (Å²) in [6.45, 7) is 2.03. The lowest BCUT2D eigenvalue weighted by Gasteiger charge is -2.26. The van der Waals surface area contributed by atoms with Crippen molar-refractivity contribution in [3.8, 4) is 0 Å². The standard InChI is InChI=1S/C20H20N2O2S/c1-13-6-10-15(11-7-13)22-18(23)12-25-20(22)16-4-2-3-5-17(16)21-19(24)14-8-9-14/h2-7,10-11,14,20H,8-9,12H2,1H3,(H,21,24)/t20-/m1/s1. The number of para-hydroxylation sites is 1. The molecule has 128 valence electrons. The molecule has 25 heavy (non-hydrogen) atoms. The molecule has 0 spiro atoms. The van der Waals surface area contributed by atoms with Crippen molar-refractivity contribution < 1.29 is 9.59 Å². The van der Waals surface area contributed by atoms with E-state index in [4.69, 9.17) is 0 Å². The number of rotatable bonds is 4.